The van der Waals surface area contributed by atoms with Gasteiger partial charge in [0.2, 0.25) is 5.91 Å². The first-order chi connectivity index (χ1) is 16.3. The first-order valence-electron chi connectivity index (χ1n) is 12.3. The van der Waals surface area contributed by atoms with Crippen molar-refractivity contribution in [2.45, 2.75) is 72.1 Å². The number of amides is 2. The van der Waals surface area contributed by atoms with Crippen LogP contribution < -0.4 is 10.9 Å². The van der Waals surface area contributed by atoms with Crippen LogP contribution in [-0.2, 0) is 21.0 Å². The van der Waals surface area contributed by atoms with Gasteiger partial charge in [-0.25, -0.2) is 14.8 Å². The number of ether oxygens (including phenoxy) is 2. The molecule has 2 aromatic heterocycles. The number of anilines is 1. The average Bonchev–Trinajstić information content (AvgIpc) is 3.15. The molecule has 2 N–H and O–H groups in total. The number of carbonyl (C=O) groups excluding carboxylic acids is 2. The maximum absolute atomic E-state index is 12.9. The molecule has 0 bridgehead atoms. The lowest BCUT2D eigenvalue weighted by Gasteiger charge is -2.36. The minimum Gasteiger partial charge on any atom is -0.444 e. The third-order valence-electron chi connectivity index (χ3n) is 5.95. The average molecular weight is 505 g/mol. The van der Waals surface area contributed by atoms with E-state index in [-0.39, 0.29) is 23.8 Å². The Balaban J connectivity index is 1.54. The van der Waals surface area contributed by atoms with Crippen molar-refractivity contribution >= 4 is 37.1 Å². The lowest BCUT2D eigenvalue weighted by Crippen LogP contribution is -2.50. The van der Waals surface area contributed by atoms with Gasteiger partial charge in [0.05, 0.1) is 12.1 Å². The van der Waals surface area contributed by atoms with E-state index in [1.807, 2.05) is 44.5 Å². The number of hydrazine groups is 1. The zero-order chi connectivity index (χ0) is 25.8. The first kappa shape index (κ1) is 26.9. The van der Waals surface area contributed by atoms with E-state index in [1.54, 1.807) is 11.1 Å². The monoisotopic (exact) mass is 504 g/mol. The van der Waals surface area contributed by atoms with Gasteiger partial charge in [0.1, 0.15) is 17.8 Å². The molecule has 0 radical (unpaired) electrons. The molecular formula is C24H40N6O4Si. The number of nitrogens with one attached hydrogen (secondary N) is 2. The van der Waals surface area contributed by atoms with Gasteiger partial charge in [-0.1, -0.05) is 26.6 Å². The van der Waals surface area contributed by atoms with Crippen LogP contribution in [0.3, 0.4) is 0 Å². The molecule has 2 amide bonds. The first-order valence-corrected chi connectivity index (χ1v) is 16.0. The highest BCUT2D eigenvalue weighted by Crippen LogP contribution is 2.25. The molecule has 0 aliphatic carbocycles. The normalized spacial score (nSPS) is 19.0. The van der Waals surface area contributed by atoms with Gasteiger partial charge >= 0.3 is 6.09 Å². The SMILES string of the molecule is C[C@@H]1CCN(C(=O)OC(C)(C)C)C[C@H]1C(=O)NNc1cnc2c(ccn2COCC[Si](C)(C)C)n1. The molecule has 10 nitrogen and oxygen atoms in total. The second-order valence-electron chi connectivity index (χ2n) is 11.5. The van der Waals surface area contributed by atoms with E-state index in [1.165, 1.54) is 0 Å². The van der Waals surface area contributed by atoms with E-state index in [0.29, 0.717) is 31.2 Å². The van der Waals surface area contributed by atoms with Crippen molar-refractivity contribution in [1.29, 1.82) is 0 Å². The summed E-state index contributed by atoms with van der Waals surface area (Å²) >= 11 is 0. The summed E-state index contributed by atoms with van der Waals surface area (Å²) in [7, 11) is -1.13. The molecule has 2 aromatic rings. The highest BCUT2D eigenvalue weighted by molar-refractivity contribution is 6.76. The zero-order valence-electron chi connectivity index (χ0n) is 22.1. The number of likely N-dealkylation sites (tertiary alicyclic amines) is 1. The minimum atomic E-state index is -1.13. The Morgan fingerprint density at radius 1 is 1.26 bits per heavy atom. The quantitative estimate of drug-likeness (QED) is 0.317. The van der Waals surface area contributed by atoms with Crippen molar-refractivity contribution in [1.82, 2.24) is 24.9 Å². The molecule has 1 aliphatic heterocycles. The second-order valence-corrected chi connectivity index (χ2v) is 17.1. The Hall–Kier alpha value is -2.66. The van der Waals surface area contributed by atoms with Crippen LogP contribution in [0.4, 0.5) is 10.6 Å². The zero-order valence-corrected chi connectivity index (χ0v) is 23.1. The molecule has 0 spiro atoms. The summed E-state index contributed by atoms with van der Waals surface area (Å²) in [4.78, 5) is 36.0. The lowest BCUT2D eigenvalue weighted by molar-refractivity contribution is -0.127. The van der Waals surface area contributed by atoms with Crippen LogP contribution in [0.5, 0.6) is 0 Å². The standard InChI is InChI=1S/C24H40N6O4Si/c1-17-8-10-29(23(32)34-24(2,3)4)15-18(17)22(31)28-27-20-14-25-21-19(26-20)9-11-30(21)16-33-12-13-35(5,6)7/h9,11,14,17-18H,8,10,12-13,15-16H2,1-7H3,(H,26,27)(H,28,31)/t17-,18-/m1/s1. The molecule has 1 aliphatic rings. The van der Waals surface area contributed by atoms with Crippen molar-refractivity contribution < 1.29 is 19.1 Å². The van der Waals surface area contributed by atoms with Gasteiger partial charge in [0.15, 0.2) is 11.5 Å². The number of nitrogens with zero attached hydrogens (tertiary/aromatic N) is 4. The fraction of sp³-hybridized carbons (Fsp3) is 0.667. The molecule has 11 heteroatoms. The number of fused-ring (bicyclic) bond motifs is 1. The van der Waals surface area contributed by atoms with Crippen molar-refractivity contribution in [3.05, 3.63) is 18.5 Å². The third-order valence-corrected chi connectivity index (χ3v) is 7.65. The van der Waals surface area contributed by atoms with Crippen molar-refractivity contribution in [3.8, 4) is 0 Å². The van der Waals surface area contributed by atoms with E-state index in [9.17, 15) is 9.59 Å². The minimum absolute atomic E-state index is 0.138. The number of aromatic nitrogens is 3. The number of hydrogen-bond donors (Lipinski definition) is 2. The number of carbonyl (C=O) groups is 2. The highest BCUT2D eigenvalue weighted by atomic mass is 28.3. The predicted octanol–water partition coefficient (Wildman–Crippen LogP) is 4.08. The summed E-state index contributed by atoms with van der Waals surface area (Å²) in [6.07, 6.45) is 3.83. The van der Waals surface area contributed by atoms with Gasteiger partial charge in [0, 0.05) is 34.0 Å². The van der Waals surface area contributed by atoms with E-state index in [4.69, 9.17) is 9.47 Å². The topological polar surface area (TPSA) is 111 Å². The van der Waals surface area contributed by atoms with Crippen LogP contribution in [0.15, 0.2) is 18.5 Å². The van der Waals surface area contributed by atoms with Crippen LogP contribution in [0, 0.1) is 11.8 Å². The summed E-state index contributed by atoms with van der Waals surface area (Å²) in [5.41, 5.74) is 6.47. The largest absolute Gasteiger partial charge is 0.444 e. The summed E-state index contributed by atoms with van der Waals surface area (Å²) in [6.45, 7) is 16.6. The number of rotatable bonds is 8. The molecule has 3 rings (SSSR count). The maximum atomic E-state index is 12.9. The smallest absolute Gasteiger partial charge is 0.410 e. The van der Waals surface area contributed by atoms with Gasteiger partial charge < -0.3 is 18.9 Å². The van der Waals surface area contributed by atoms with Crippen molar-refractivity contribution in [2.24, 2.45) is 11.8 Å². The van der Waals surface area contributed by atoms with Crippen LogP contribution >= 0.6 is 0 Å². The van der Waals surface area contributed by atoms with E-state index in [0.717, 1.165) is 24.7 Å². The fourth-order valence-electron chi connectivity index (χ4n) is 3.79. The molecular weight excluding hydrogens is 464 g/mol. The van der Waals surface area contributed by atoms with Crippen molar-refractivity contribution in [2.75, 3.05) is 25.1 Å². The summed E-state index contributed by atoms with van der Waals surface area (Å²) < 4.78 is 13.2. The van der Waals surface area contributed by atoms with E-state index >= 15 is 0 Å². The Labute approximate surface area is 208 Å². The Morgan fingerprint density at radius 3 is 2.69 bits per heavy atom. The molecule has 1 saturated heterocycles. The highest BCUT2D eigenvalue weighted by Gasteiger charge is 2.35. The molecule has 0 saturated carbocycles. The van der Waals surface area contributed by atoms with Crippen molar-refractivity contribution in [3.63, 3.8) is 0 Å². The summed E-state index contributed by atoms with van der Waals surface area (Å²) in [6, 6.07) is 2.99. The molecule has 1 fully saturated rings. The number of piperidine rings is 1. The summed E-state index contributed by atoms with van der Waals surface area (Å²) in [5, 5.41) is 0. The Kier molecular flexibility index (Phi) is 8.42. The van der Waals surface area contributed by atoms with Crippen LogP contribution in [0.1, 0.15) is 34.1 Å². The van der Waals surface area contributed by atoms with Gasteiger partial charge in [-0.2, -0.15) is 0 Å². The second kappa shape index (κ2) is 10.9. The molecule has 2 atom stereocenters. The molecule has 194 valence electrons. The third kappa shape index (κ3) is 7.92. The Bertz CT molecular complexity index is 1030. The van der Waals surface area contributed by atoms with Gasteiger partial charge in [-0.15, -0.1) is 0 Å². The van der Waals surface area contributed by atoms with E-state index in [2.05, 4.69) is 40.5 Å². The summed E-state index contributed by atoms with van der Waals surface area (Å²) in [5.74, 6) is 0.0330. The Morgan fingerprint density at radius 2 is 2.00 bits per heavy atom. The van der Waals surface area contributed by atoms with Gasteiger partial charge in [0.25, 0.3) is 0 Å². The number of hydrogen-bond acceptors (Lipinski definition) is 7. The molecule has 3 heterocycles. The van der Waals surface area contributed by atoms with E-state index < -0.39 is 13.7 Å². The van der Waals surface area contributed by atoms with Crippen LogP contribution in [0.25, 0.3) is 11.2 Å². The van der Waals surface area contributed by atoms with Crippen LogP contribution in [0.2, 0.25) is 25.7 Å². The predicted molar refractivity (Wildman–Crippen MR) is 138 cm³/mol. The fourth-order valence-corrected chi connectivity index (χ4v) is 4.54. The maximum Gasteiger partial charge on any atom is 0.410 e. The van der Waals surface area contributed by atoms with Gasteiger partial charge in [-0.3, -0.25) is 15.6 Å². The molecule has 0 unspecified atom stereocenters. The lowest BCUT2D eigenvalue weighted by atomic mass is 9.86. The molecule has 35 heavy (non-hydrogen) atoms. The molecule has 0 aromatic carbocycles. The van der Waals surface area contributed by atoms with Gasteiger partial charge in [-0.05, 0) is 45.2 Å². The van der Waals surface area contributed by atoms with Crippen LogP contribution in [-0.4, -0.2) is 64.8 Å².